The van der Waals surface area contributed by atoms with E-state index in [1.54, 1.807) is 0 Å². The number of aliphatic carboxylic acids is 1. The Hall–Kier alpha value is -2.12. The largest absolute Gasteiger partial charge is 0.481 e. The van der Waals surface area contributed by atoms with E-state index in [1.165, 1.54) is 12.0 Å². The van der Waals surface area contributed by atoms with Gasteiger partial charge in [0.25, 0.3) is 0 Å². The third-order valence-corrected chi connectivity index (χ3v) is 2.82. The van der Waals surface area contributed by atoms with Crippen LogP contribution in [0.1, 0.15) is 19.3 Å². The normalized spacial score (nSPS) is 17.9. The first kappa shape index (κ1) is 14.9. The first-order valence-corrected chi connectivity index (χ1v) is 5.82. The molecule has 8 nitrogen and oxygen atoms in total. The van der Waals surface area contributed by atoms with Crippen molar-refractivity contribution in [2.24, 2.45) is 5.92 Å². The fraction of sp³-hybridized carbons (Fsp3) is 0.636. The van der Waals surface area contributed by atoms with Gasteiger partial charge >= 0.3 is 18.0 Å². The minimum absolute atomic E-state index is 0.199. The lowest BCUT2D eigenvalue weighted by Gasteiger charge is -2.16. The minimum Gasteiger partial charge on any atom is -0.481 e. The van der Waals surface area contributed by atoms with E-state index in [0.29, 0.717) is 13.0 Å². The molecule has 1 fully saturated rings. The zero-order valence-electron chi connectivity index (χ0n) is 10.5. The van der Waals surface area contributed by atoms with Gasteiger partial charge in [-0.15, -0.1) is 0 Å². The molecule has 1 atom stereocenters. The Labute approximate surface area is 109 Å². The Bertz CT molecular complexity index is 395. The van der Waals surface area contributed by atoms with Crippen LogP contribution in [0.2, 0.25) is 0 Å². The van der Waals surface area contributed by atoms with Crippen LogP contribution in [0.5, 0.6) is 0 Å². The predicted molar refractivity (Wildman–Crippen MR) is 62.1 cm³/mol. The molecule has 0 bridgehead atoms. The van der Waals surface area contributed by atoms with Crippen LogP contribution in [0.25, 0.3) is 0 Å². The molecule has 1 saturated heterocycles. The van der Waals surface area contributed by atoms with E-state index in [0.717, 1.165) is 0 Å². The summed E-state index contributed by atoms with van der Waals surface area (Å²) >= 11 is 0. The predicted octanol–water partition coefficient (Wildman–Crippen LogP) is -0.418. The summed E-state index contributed by atoms with van der Waals surface area (Å²) in [5.74, 6) is -2.50. The van der Waals surface area contributed by atoms with Crippen LogP contribution < -0.4 is 5.32 Å². The number of ether oxygens (including phenoxy) is 1. The molecule has 0 aromatic carbocycles. The fourth-order valence-corrected chi connectivity index (χ4v) is 1.79. The Morgan fingerprint density at radius 2 is 2.00 bits per heavy atom. The van der Waals surface area contributed by atoms with Gasteiger partial charge in [-0.05, 0) is 6.42 Å². The lowest BCUT2D eigenvalue weighted by atomic mass is 10.1. The Kier molecular flexibility index (Phi) is 5.28. The number of carboxylic acid groups (broad SMARTS) is 1. The van der Waals surface area contributed by atoms with Crippen LogP contribution >= 0.6 is 0 Å². The number of rotatable bonds is 4. The van der Waals surface area contributed by atoms with Gasteiger partial charge in [0, 0.05) is 19.5 Å². The number of imide groups is 1. The molecule has 1 aliphatic heterocycles. The minimum atomic E-state index is -1.10. The number of carboxylic acids is 1. The smallest absolute Gasteiger partial charge is 0.324 e. The van der Waals surface area contributed by atoms with E-state index in [1.807, 2.05) is 0 Å². The zero-order chi connectivity index (χ0) is 14.4. The first-order valence-electron chi connectivity index (χ1n) is 5.82. The van der Waals surface area contributed by atoms with Crippen LogP contribution in [-0.2, 0) is 19.1 Å². The topological polar surface area (TPSA) is 113 Å². The maximum Gasteiger partial charge on any atom is 0.324 e. The number of likely N-dealkylation sites (tertiary alicyclic amines) is 1. The van der Waals surface area contributed by atoms with Crippen LogP contribution in [-0.4, -0.2) is 54.1 Å². The van der Waals surface area contributed by atoms with Gasteiger partial charge in [-0.25, -0.2) is 4.79 Å². The Morgan fingerprint density at radius 1 is 1.32 bits per heavy atom. The van der Waals surface area contributed by atoms with E-state index in [2.05, 4.69) is 10.1 Å². The molecule has 0 saturated carbocycles. The number of nitrogens with zero attached hydrogens (tertiary/aromatic N) is 1. The van der Waals surface area contributed by atoms with Crippen molar-refractivity contribution in [3.63, 3.8) is 0 Å². The van der Waals surface area contributed by atoms with Gasteiger partial charge in [0.1, 0.15) is 0 Å². The highest BCUT2D eigenvalue weighted by molar-refractivity contribution is 5.95. The molecule has 0 aromatic rings. The zero-order valence-corrected chi connectivity index (χ0v) is 10.5. The molecule has 1 rings (SSSR count). The summed E-state index contributed by atoms with van der Waals surface area (Å²) in [7, 11) is 1.28. The van der Waals surface area contributed by atoms with Crippen molar-refractivity contribution < 1.29 is 29.0 Å². The molecule has 1 heterocycles. The second-order valence-electron chi connectivity index (χ2n) is 4.20. The van der Waals surface area contributed by atoms with Gasteiger partial charge in [-0.1, -0.05) is 0 Å². The van der Waals surface area contributed by atoms with Gasteiger partial charge in [0.05, 0.1) is 19.4 Å². The van der Waals surface area contributed by atoms with Crippen molar-refractivity contribution in [2.45, 2.75) is 19.3 Å². The van der Waals surface area contributed by atoms with Crippen molar-refractivity contribution >= 4 is 23.9 Å². The molecule has 19 heavy (non-hydrogen) atoms. The maximum absolute atomic E-state index is 11.7. The van der Waals surface area contributed by atoms with Crippen LogP contribution in [0.4, 0.5) is 4.79 Å². The number of hydrogen-bond donors (Lipinski definition) is 2. The van der Waals surface area contributed by atoms with E-state index >= 15 is 0 Å². The van der Waals surface area contributed by atoms with Crippen LogP contribution in [0.15, 0.2) is 0 Å². The molecular formula is C11H16N2O6. The number of amides is 3. The monoisotopic (exact) mass is 272 g/mol. The molecule has 0 radical (unpaired) electrons. The summed E-state index contributed by atoms with van der Waals surface area (Å²) in [5.41, 5.74) is 0. The number of urea groups is 1. The first-order chi connectivity index (χ1) is 8.93. The van der Waals surface area contributed by atoms with E-state index in [4.69, 9.17) is 5.11 Å². The second-order valence-corrected chi connectivity index (χ2v) is 4.20. The number of hydrogen-bond acceptors (Lipinski definition) is 5. The Balaban J connectivity index is 2.37. The highest BCUT2D eigenvalue weighted by Crippen LogP contribution is 2.17. The van der Waals surface area contributed by atoms with Gasteiger partial charge in [0.15, 0.2) is 0 Å². The average molecular weight is 272 g/mol. The molecule has 1 aliphatic rings. The fourth-order valence-electron chi connectivity index (χ4n) is 1.79. The third kappa shape index (κ3) is 4.57. The number of carbonyl (C=O) groups is 4. The van der Waals surface area contributed by atoms with Gasteiger partial charge in [-0.3, -0.25) is 19.7 Å². The number of methoxy groups -OCH3 is 1. The van der Waals surface area contributed by atoms with Crippen LogP contribution in [0.3, 0.4) is 0 Å². The Morgan fingerprint density at radius 3 is 2.58 bits per heavy atom. The average Bonchev–Trinajstić information content (AvgIpc) is 2.85. The number of esters is 1. The summed E-state index contributed by atoms with van der Waals surface area (Å²) < 4.78 is 4.58. The van der Waals surface area contributed by atoms with E-state index in [-0.39, 0.29) is 31.3 Å². The molecule has 0 spiro atoms. The number of carbonyl (C=O) groups excluding carboxylic acids is 3. The lowest BCUT2D eigenvalue weighted by molar-refractivity contribution is -0.144. The molecule has 0 aromatic heterocycles. The molecular weight excluding hydrogens is 256 g/mol. The third-order valence-electron chi connectivity index (χ3n) is 2.82. The van der Waals surface area contributed by atoms with Crippen molar-refractivity contribution in [3.8, 4) is 0 Å². The van der Waals surface area contributed by atoms with E-state index in [9.17, 15) is 19.2 Å². The quantitative estimate of drug-likeness (QED) is 0.672. The molecule has 0 aliphatic carbocycles. The van der Waals surface area contributed by atoms with Crippen LogP contribution in [0, 0.1) is 5.92 Å². The summed E-state index contributed by atoms with van der Waals surface area (Å²) in [6, 6.07) is -0.609. The maximum atomic E-state index is 11.7. The molecule has 2 N–H and O–H groups in total. The molecule has 1 unspecified atom stereocenters. The molecule has 106 valence electrons. The van der Waals surface area contributed by atoms with Crippen molar-refractivity contribution in [1.29, 1.82) is 0 Å². The summed E-state index contributed by atoms with van der Waals surface area (Å²) in [6.45, 7) is 0.558. The SMILES string of the molecule is COC(=O)C1CCN(C(=O)NC(=O)CCC(=O)O)C1. The van der Waals surface area contributed by atoms with Gasteiger partial charge in [-0.2, -0.15) is 0 Å². The van der Waals surface area contributed by atoms with Crippen molar-refractivity contribution in [2.75, 3.05) is 20.2 Å². The summed E-state index contributed by atoms with van der Waals surface area (Å²) in [6.07, 6.45) is -0.0946. The standard InChI is InChI=1S/C11H16N2O6/c1-19-10(17)7-4-5-13(6-7)11(18)12-8(14)2-3-9(15)16/h7H,2-6H2,1H3,(H,15,16)(H,12,14,18). The van der Waals surface area contributed by atoms with E-state index < -0.39 is 17.9 Å². The summed E-state index contributed by atoms with van der Waals surface area (Å²) in [4.78, 5) is 45.8. The van der Waals surface area contributed by atoms with Crippen molar-refractivity contribution in [1.82, 2.24) is 10.2 Å². The highest BCUT2D eigenvalue weighted by Gasteiger charge is 2.32. The highest BCUT2D eigenvalue weighted by atomic mass is 16.5. The second kappa shape index (κ2) is 6.72. The number of nitrogens with one attached hydrogen (secondary N) is 1. The van der Waals surface area contributed by atoms with Crippen molar-refractivity contribution in [3.05, 3.63) is 0 Å². The molecule has 3 amide bonds. The van der Waals surface area contributed by atoms with Gasteiger partial charge < -0.3 is 14.7 Å². The lowest BCUT2D eigenvalue weighted by Crippen LogP contribution is -2.42. The molecule has 8 heteroatoms. The summed E-state index contributed by atoms with van der Waals surface area (Å²) in [5, 5.41) is 10.5. The van der Waals surface area contributed by atoms with Gasteiger partial charge in [0.2, 0.25) is 5.91 Å².